The third kappa shape index (κ3) is 2.70. The summed E-state index contributed by atoms with van der Waals surface area (Å²) in [4.78, 5) is 16.3. The molecule has 0 saturated heterocycles. The molecule has 3 aromatic heterocycles. The molecule has 1 N–H and O–H groups in total. The summed E-state index contributed by atoms with van der Waals surface area (Å²) in [5, 5.41) is 10.0. The zero-order chi connectivity index (χ0) is 16.7. The Kier molecular flexibility index (Phi) is 3.63. The van der Waals surface area contributed by atoms with Gasteiger partial charge in [-0.05, 0) is 36.4 Å². The highest BCUT2D eigenvalue weighted by Crippen LogP contribution is 2.36. The molecule has 0 aliphatic carbocycles. The van der Waals surface area contributed by atoms with Crippen molar-refractivity contribution >= 4 is 39.9 Å². The van der Waals surface area contributed by atoms with Crippen molar-refractivity contribution in [3.63, 3.8) is 0 Å². The van der Waals surface area contributed by atoms with E-state index in [4.69, 9.17) is 25.5 Å². The number of carboxylic acid groups (broad SMARTS) is 1. The van der Waals surface area contributed by atoms with Crippen LogP contribution in [0.1, 0.15) is 5.69 Å². The number of halogens is 1. The lowest BCUT2D eigenvalue weighted by Gasteiger charge is -1.95. The minimum atomic E-state index is -0.968. The number of benzene rings is 1. The van der Waals surface area contributed by atoms with Gasteiger partial charge in [0.15, 0.2) is 5.76 Å². The lowest BCUT2D eigenvalue weighted by Crippen LogP contribution is -2.01. The lowest BCUT2D eigenvalue weighted by molar-refractivity contribution is -0.136. The highest BCUT2D eigenvalue weighted by atomic mass is 35.5. The number of aliphatic carboxylic acids is 1. The van der Waals surface area contributed by atoms with E-state index in [1.165, 1.54) is 11.3 Å². The van der Waals surface area contributed by atoms with Crippen molar-refractivity contribution in [3.05, 3.63) is 52.7 Å². The molecule has 4 rings (SSSR count). The summed E-state index contributed by atoms with van der Waals surface area (Å²) >= 11 is 7.29. The Morgan fingerprint density at radius 1 is 1.25 bits per heavy atom. The zero-order valence-corrected chi connectivity index (χ0v) is 13.7. The van der Waals surface area contributed by atoms with Crippen LogP contribution in [0.5, 0.6) is 0 Å². The van der Waals surface area contributed by atoms with Gasteiger partial charge in [-0.1, -0.05) is 11.6 Å². The van der Waals surface area contributed by atoms with Gasteiger partial charge in [0.25, 0.3) is 0 Å². The number of hydrogen-bond donors (Lipinski definition) is 1. The molecule has 0 spiro atoms. The van der Waals surface area contributed by atoms with Gasteiger partial charge in [-0.3, -0.25) is 4.79 Å². The van der Waals surface area contributed by atoms with Crippen LogP contribution in [-0.2, 0) is 11.2 Å². The van der Waals surface area contributed by atoms with Gasteiger partial charge in [-0.15, -0.1) is 11.3 Å². The van der Waals surface area contributed by atoms with Gasteiger partial charge in [-0.25, -0.2) is 4.98 Å². The van der Waals surface area contributed by atoms with Crippen molar-refractivity contribution in [2.75, 3.05) is 0 Å². The van der Waals surface area contributed by atoms with E-state index < -0.39 is 5.97 Å². The van der Waals surface area contributed by atoms with E-state index in [1.807, 2.05) is 24.3 Å². The quantitative estimate of drug-likeness (QED) is 0.548. The number of oxazole rings is 1. The van der Waals surface area contributed by atoms with Crippen LogP contribution < -0.4 is 0 Å². The molecule has 0 saturated carbocycles. The predicted octanol–water partition coefficient (Wildman–Crippen LogP) is 5.10. The monoisotopic (exact) mass is 359 g/mol. The normalized spacial score (nSPS) is 11.2. The second kappa shape index (κ2) is 5.81. The maximum atomic E-state index is 11.1. The molecule has 4 aromatic rings. The van der Waals surface area contributed by atoms with Crippen LogP contribution in [0.15, 0.2) is 51.5 Å². The number of thiophene rings is 1. The Labute approximate surface area is 145 Å². The standard InChI is InChI=1S/C17H10ClNO4S/c18-14-4-3-13(24-14)16-11(8-15(20)21)19-17(23-16)10-1-2-12-9(7-10)5-6-22-12/h1-7H,8H2,(H,20,21). The number of carboxylic acids is 1. The maximum absolute atomic E-state index is 11.1. The van der Waals surface area contributed by atoms with Crippen molar-refractivity contribution < 1.29 is 18.7 Å². The average Bonchev–Trinajstić information content (AvgIpc) is 3.24. The number of fused-ring (bicyclic) bond motifs is 1. The predicted molar refractivity (Wildman–Crippen MR) is 91.4 cm³/mol. The number of aromatic nitrogens is 1. The fourth-order valence-corrected chi connectivity index (χ4v) is 3.51. The van der Waals surface area contributed by atoms with Crippen LogP contribution in [0, 0.1) is 0 Å². The third-order valence-electron chi connectivity index (χ3n) is 3.51. The number of rotatable bonds is 4. The van der Waals surface area contributed by atoms with Crippen LogP contribution in [0.25, 0.3) is 33.1 Å². The molecular weight excluding hydrogens is 350 g/mol. The Bertz CT molecular complexity index is 1050. The second-order valence-corrected chi connectivity index (χ2v) is 6.86. The van der Waals surface area contributed by atoms with Crippen LogP contribution >= 0.6 is 22.9 Å². The molecule has 0 bridgehead atoms. The van der Waals surface area contributed by atoms with Gasteiger partial charge in [0.05, 0.1) is 27.6 Å². The van der Waals surface area contributed by atoms with Gasteiger partial charge in [-0.2, -0.15) is 0 Å². The molecule has 0 aliphatic heterocycles. The van der Waals surface area contributed by atoms with Crippen molar-refractivity contribution in [1.29, 1.82) is 0 Å². The molecule has 120 valence electrons. The molecule has 0 fully saturated rings. The summed E-state index contributed by atoms with van der Waals surface area (Å²) < 4.78 is 11.8. The van der Waals surface area contributed by atoms with Gasteiger partial charge in [0.2, 0.25) is 5.89 Å². The first kappa shape index (κ1) is 15.0. The molecule has 24 heavy (non-hydrogen) atoms. The topological polar surface area (TPSA) is 76.5 Å². The van der Waals surface area contributed by atoms with Gasteiger partial charge < -0.3 is 13.9 Å². The first-order valence-electron chi connectivity index (χ1n) is 7.05. The summed E-state index contributed by atoms with van der Waals surface area (Å²) in [6, 6.07) is 10.9. The van der Waals surface area contributed by atoms with Crippen molar-refractivity contribution in [1.82, 2.24) is 4.98 Å². The Balaban J connectivity index is 1.83. The molecule has 0 amide bonds. The highest BCUT2D eigenvalue weighted by Gasteiger charge is 2.20. The molecular formula is C17H10ClNO4S. The van der Waals surface area contributed by atoms with Gasteiger partial charge in [0, 0.05) is 10.9 Å². The summed E-state index contributed by atoms with van der Waals surface area (Å²) in [6.45, 7) is 0. The molecule has 0 radical (unpaired) electrons. The van der Waals surface area contributed by atoms with E-state index in [0.717, 1.165) is 21.4 Å². The number of nitrogens with zero attached hydrogens (tertiary/aromatic N) is 1. The van der Waals surface area contributed by atoms with E-state index in [0.29, 0.717) is 21.7 Å². The minimum absolute atomic E-state index is 0.220. The summed E-state index contributed by atoms with van der Waals surface area (Å²) in [7, 11) is 0. The van der Waals surface area contributed by atoms with Crippen LogP contribution in [-0.4, -0.2) is 16.1 Å². The number of furan rings is 1. The van der Waals surface area contributed by atoms with Crippen LogP contribution in [0.2, 0.25) is 4.34 Å². The number of carbonyl (C=O) groups is 1. The SMILES string of the molecule is O=C(O)Cc1nc(-c2ccc3occc3c2)oc1-c1ccc(Cl)s1. The van der Waals surface area contributed by atoms with E-state index >= 15 is 0 Å². The van der Waals surface area contributed by atoms with E-state index in [2.05, 4.69) is 4.98 Å². The molecule has 7 heteroatoms. The molecule has 0 atom stereocenters. The fraction of sp³-hybridized carbons (Fsp3) is 0.0588. The Morgan fingerprint density at radius 2 is 2.12 bits per heavy atom. The molecule has 0 unspecified atom stereocenters. The second-order valence-electron chi connectivity index (χ2n) is 5.14. The smallest absolute Gasteiger partial charge is 0.309 e. The molecule has 1 aromatic carbocycles. The third-order valence-corrected chi connectivity index (χ3v) is 4.74. The minimum Gasteiger partial charge on any atom is -0.481 e. The number of hydrogen-bond acceptors (Lipinski definition) is 5. The average molecular weight is 360 g/mol. The molecule has 5 nitrogen and oxygen atoms in total. The van der Waals surface area contributed by atoms with E-state index in [-0.39, 0.29) is 6.42 Å². The highest BCUT2D eigenvalue weighted by molar-refractivity contribution is 7.19. The first-order valence-corrected chi connectivity index (χ1v) is 8.24. The first-order chi connectivity index (χ1) is 11.6. The Morgan fingerprint density at radius 3 is 2.88 bits per heavy atom. The molecule has 0 aliphatic rings. The van der Waals surface area contributed by atoms with Crippen molar-refractivity contribution in [2.45, 2.75) is 6.42 Å². The fourth-order valence-electron chi connectivity index (χ4n) is 2.47. The Hall–Kier alpha value is -2.57. The summed E-state index contributed by atoms with van der Waals surface area (Å²) in [5.41, 5.74) is 1.90. The molecule has 3 heterocycles. The van der Waals surface area contributed by atoms with E-state index in [9.17, 15) is 4.79 Å². The summed E-state index contributed by atoms with van der Waals surface area (Å²) in [6.07, 6.45) is 1.39. The van der Waals surface area contributed by atoms with Gasteiger partial charge >= 0.3 is 5.97 Å². The largest absolute Gasteiger partial charge is 0.481 e. The van der Waals surface area contributed by atoms with E-state index in [1.54, 1.807) is 18.4 Å². The maximum Gasteiger partial charge on any atom is 0.309 e. The van der Waals surface area contributed by atoms with Crippen molar-refractivity contribution in [3.8, 4) is 22.1 Å². The van der Waals surface area contributed by atoms with Gasteiger partial charge in [0.1, 0.15) is 5.58 Å². The van der Waals surface area contributed by atoms with Crippen LogP contribution in [0.4, 0.5) is 0 Å². The lowest BCUT2D eigenvalue weighted by atomic mass is 10.1. The zero-order valence-electron chi connectivity index (χ0n) is 12.2. The van der Waals surface area contributed by atoms with Crippen LogP contribution in [0.3, 0.4) is 0 Å². The van der Waals surface area contributed by atoms with Crippen molar-refractivity contribution in [2.24, 2.45) is 0 Å². The summed E-state index contributed by atoms with van der Waals surface area (Å²) in [5.74, 6) is -0.158.